The Morgan fingerprint density at radius 1 is 1.38 bits per heavy atom. The van der Waals surface area contributed by atoms with Crippen LogP contribution in [0.5, 0.6) is 0 Å². The largest absolute Gasteiger partial charge is 0.370 e. The molecule has 3 atom stereocenters. The molecule has 70 valence electrons. The summed E-state index contributed by atoms with van der Waals surface area (Å²) in [5.74, 6) is 0. The molecule has 3 unspecified atom stereocenters. The first-order chi connectivity index (χ1) is 6.29. The highest BCUT2D eigenvalue weighted by Gasteiger charge is 2.37. The van der Waals surface area contributed by atoms with E-state index >= 15 is 0 Å². The van der Waals surface area contributed by atoms with Crippen LogP contribution in [0.2, 0.25) is 0 Å². The zero-order valence-corrected chi connectivity index (χ0v) is 8.58. The number of hydrogen-bond donors (Lipinski definition) is 0. The van der Waals surface area contributed by atoms with E-state index in [1.165, 1.54) is 0 Å². The highest BCUT2D eigenvalue weighted by atomic mass is 79.9. The first-order valence-electron chi connectivity index (χ1n) is 4.24. The van der Waals surface area contributed by atoms with Gasteiger partial charge in [0.25, 0.3) is 0 Å². The summed E-state index contributed by atoms with van der Waals surface area (Å²) in [6, 6.07) is 9.56. The molecule has 0 bridgehead atoms. The first-order valence-corrected chi connectivity index (χ1v) is 5.15. The molecule has 0 amide bonds. The van der Waals surface area contributed by atoms with Gasteiger partial charge in [0.1, 0.15) is 12.3 Å². The van der Waals surface area contributed by atoms with Crippen LogP contribution in [0, 0.1) is 0 Å². The highest BCUT2D eigenvalue weighted by Crippen LogP contribution is 2.34. The monoisotopic (exact) mass is 244 g/mol. The molecule has 1 fully saturated rings. The van der Waals surface area contributed by atoms with Gasteiger partial charge in [0.2, 0.25) is 0 Å². The van der Waals surface area contributed by atoms with Gasteiger partial charge in [0.05, 0.1) is 11.4 Å². The summed E-state index contributed by atoms with van der Waals surface area (Å²) in [5, 5.41) is 0. The molecule has 1 nitrogen and oxygen atoms in total. The van der Waals surface area contributed by atoms with Crippen LogP contribution in [0.25, 0.3) is 0 Å². The lowest BCUT2D eigenvalue weighted by atomic mass is 10.1. The van der Waals surface area contributed by atoms with E-state index in [9.17, 15) is 4.39 Å². The highest BCUT2D eigenvalue weighted by molar-refractivity contribution is 9.09. The van der Waals surface area contributed by atoms with Gasteiger partial charge in [-0.25, -0.2) is 4.39 Å². The van der Waals surface area contributed by atoms with Gasteiger partial charge in [-0.1, -0.05) is 46.3 Å². The maximum absolute atomic E-state index is 13.5. The third-order valence-electron chi connectivity index (χ3n) is 2.11. The molecule has 1 aromatic rings. The standard InChI is InChI=1S/C10H10BrFO/c11-9(10(12)8-6-13-8)7-4-2-1-3-5-7/h1-5,8-10H,6H2. The SMILES string of the molecule is FC(C1CO1)C(Br)c1ccccc1. The number of alkyl halides is 2. The van der Waals surface area contributed by atoms with E-state index in [0.29, 0.717) is 6.61 Å². The number of benzene rings is 1. The van der Waals surface area contributed by atoms with E-state index < -0.39 is 6.17 Å². The molecule has 0 spiro atoms. The summed E-state index contributed by atoms with van der Waals surface area (Å²) >= 11 is 3.34. The molecule has 1 aliphatic rings. The number of epoxide rings is 1. The molecule has 3 heteroatoms. The molecule has 0 saturated carbocycles. The summed E-state index contributed by atoms with van der Waals surface area (Å²) in [7, 11) is 0. The van der Waals surface area contributed by atoms with Crippen LogP contribution < -0.4 is 0 Å². The number of ether oxygens (including phenoxy) is 1. The summed E-state index contributed by atoms with van der Waals surface area (Å²) in [5.41, 5.74) is 0.963. The van der Waals surface area contributed by atoms with E-state index in [2.05, 4.69) is 15.9 Å². The van der Waals surface area contributed by atoms with Gasteiger partial charge in [-0.3, -0.25) is 0 Å². The minimum absolute atomic E-state index is 0.204. The maximum Gasteiger partial charge on any atom is 0.145 e. The van der Waals surface area contributed by atoms with Crippen molar-refractivity contribution >= 4 is 15.9 Å². The van der Waals surface area contributed by atoms with Crippen LogP contribution in [0.15, 0.2) is 30.3 Å². The molecule has 1 aliphatic heterocycles. The second-order valence-corrected chi connectivity index (χ2v) is 4.12. The fourth-order valence-electron chi connectivity index (χ4n) is 1.25. The fraction of sp³-hybridized carbons (Fsp3) is 0.400. The Hall–Kier alpha value is -0.410. The maximum atomic E-state index is 13.5. The quantitative estimate of drug-likeness (QED) is 0.589. The van der Waals surface area contributed by atoms with Crippen molar-refractivity contribution in [2.75, 3.05) is 6.61 Å². The minimum atomic E-state index is -0.942. The molecule has 2 rings (SSSR count). The lowest BCUT2D eigenvalue weighted by Crippen LogP contribution is -2.15. The molecule has 0 N–H and O–H groups in total. The van der Waals surface area contributed by atoms with Crippen molar-refractivity contribution in [1.82, 2.24) is 0 Å². The Bertz CT molecular complexity index is 274. The molecule has 1 aromatic carbocycles. The van der Waals surface area contributed by atoms with Crippen molar-refractivity contribution < 1.29 is 9.13 Å². The number of halogens is 2. The predicted octanol–water partition coefficient (Wildman–Crippen LogP) is 2.86. The molecule has 0 aromatic heterocycles. The van der Waals surface area contributed by atoms with Gasteiger partial charge in [-0.05, 0) is 5.56 Å². The smallest absolute Gasteiger partial charge is 0.145 e. The van der Waals surface area contributed by atoms with Crippen molar-refractivity contribution in [2.24, 2.45) is 0 Å². The Kier molecular flexibility index (Phi) is 2.65. The third-order valence-corrected chi connectivity index (χ3v) is 3.15. The Morgan fingerprint density at radius 3 is 2.54 bits per heavy atom. The molecule has 0 radical (unpaired) electrons. The molecule has 13 heavy (non-hydrogen) atoms. The zero-order chi connectivity index (χ0) is 9.26. The molecular weight excluding hydrogens is 235 g/mol. The lowest BCUT2D eigenvalue weighted by molar-refractivity contribution is 0.246. The Morgan fingerprint density at radius 2 is 2.00 bits per heavy atom. The van der Waals surface area contributed by atoms with Crippen LogP contribution in [-0.2, 0) is 4.74 Å². The summed E-state index contributed by atoms with van der Waals surface area (Å²) in [4.78, 5) is -0.249. The van der Waals surface area contributed by atoms with Crippen molar-refractivity contribution in [3.05, 3.63) is 35.9 Å². The Balaban J connectivity index is 2.07. The lowest BCUT2D eigenvalue weighted by Gasteiger charge is -2.12. The molecule has 1 saturated heterocycles. The van der Waals surface area contributed by atoms with Gasteiger partial charge in [0, 0.05) is 0 Å². The number of hydrogen-bond acceptors (Lipinski definition) is 1. The normalized spacial score (nSPS) is 25.2. The molecule has 1 heterocycles. The van der Waals surface area contributed by atoms with E-state index in [1.807, 2.05) is 30.3 Å². The Labute approximate surface area is 85.0 Å². The topological polar surface area (TPSA) is 12.5 Å². The van der Waals surface area contributed by atoms with Crippen LogP contribution in [0.4, 0.5) is 4.39 Å². The second kappa shape index (κ2) is 3.76. The van der Waals surface area contributed by atoms with Crippen molar-refractivity contribution in [3.63, 3.8) is 0 Å². The van der Waals surface area contributed by atoms with E-state index in [1.54, 1.807) is 0 Å². The van der Waals surface area contributed by atoms with Crippen LogP contribution in [-0.4, -0.2) is 18.9 Å². The average Bonchev–Trinajstić information content (AvgIpc) is 3.00. The summed E-state index contributed by atoms with van der Waals surface area (Å²) in [6.45, 7) is 0.552. The van der Waals surface area contributed by atoms with Crippen LogP contribution in [0.1, 0.15) is 10.4 Å². The summed E-state index contributed by atoms with van der Waals surface area (Å²) < 4.78 is 18.4. The predicted molar refractivity (Wildman–Crippen MR) is 52.7 cm³/mol. The van der Waals surface area contributed by atoms with Gasteiger partial charge in [0.15, 0.2) is 0 Å². The first kappa shape index (κ1) is 9.16. The van der Waals surface area contributed by atoms with E-state index in [-0.39, 0.29) is 10.9 Å². The van der Waals surface area contributed by atoms with Crippen molar-refractivity contribution in [1.29, 1.82) is 0 Å². The third kappa shape index (κ3) is 2.09. The van der Waals surface area contributed by atoms with E-state index in [0.717, 1.165) is 5.56 Å². The summed E-state index contributed by atoms with van der Waals surface area (Å²) in [6.07, 6.45) is -1.15. The number of rotatable bonds is 3. The van der Waals surface area contributed by atoms with Gasteiger partial charge < -0.3 is 4.74 Å². The van der Waals surface area contributed by atoms with Gasteiger partial charge in [-0.15, -0.1) is 0 Å². The van der Waals surface area contributed by atoms with Crippen molar-refractivity contribution in [2.45, 2.75) is 17.1 Å². The minimum Gasteiger partial charge on any atom is -0.370 e. The van der Waals surface area contributed by atoms with Crippen LogP contribution in [0.3, 0.4) is 0 Å². The molecule has 0 aliphatic carbocycles. The average molecular weight is 245 g/mol. The fourth-order valence-corrected chi connectivity index (χ4v) is 1.89. The van der Waals surface area contributed by atoms with Crippen molar-refractivity contribution in [3.8, 4) is 0 Å². The van der Waals surface area contributed by atoms with E-state index in [4.69, 9.17) is 4.74 Å². The van der Waals surface area contributed by atoms with Crippen LogP contribution >= 0.6 is 15.9 Å². The zero-order valence-electron chi connectivity index (χ0n) is 6.99. The van der Waals surface area contributed by atoms with Gasteiger partial charge in [-0.2, -0.15) is 0 Å². The second-order valence-electron chi connectivity index (χ2n) is 3.13. The van der Waals surface area contributed by atoms with Gasteiger partial charge >= 0.3 is 0 Å². The molecular formula is C10H10BrFO.